The van der Waals surface area contributed by atoms with Crippen LogP contribution in [0.3, 0.4) is 0 Å². The summed E-state index contributed by atoms with van der Waals surface area (Å²) in [7, 11) is 0. The van der Waals surface area contributed by atoms with Gasteiger partial charge in [0.15, 0.2) is 0 Å². The van der Waals surface area contributed by atoms with Gasteiger partial charge in [0.05, 0.1) is 16.8 Å². The molecule has 0 aliphatic heterocycles. The maximum atomic E-state index is 11.4. The first kappa shape index (κ1) is 14.1. The van der Waals surface area contributed by atoms with Crippen molar-refractivity contribution in [2.24, 2.45) is 5.73 Å². The Kier molecular flexibility index (Phi) is 4.05. The van der Waals surface area contributed by atoms with E-state index in [9.17, 15) is 9.59 Å². The third-order valence-electron chi connectivity index (χ3n) is 2.64. The van der Waals surface area contributed by atoms with Crippen LogP contribution in [0, 0.1) is 0 Å². The summed E-state index contributed by atoms with van der Waals surface area (Å²) in [5.74, 6) is -1.58. The summed E-state index contributed by atoms with van der Waals surface area (Å²) in [6, 6.07) is 11.4. The van der Waals surface area contributed by atoms with Gasteiger partial charge in [0.25, 0.3) is 5.91 Å². The van der Waals surface area contributed by atoms with E-state index in [2.05, 4.69) is 21.2 Å². The lowest BCUT2D eigenvalue weighted by molar-refractivity contribution is 0.0696. The topological polar surface area (TPSA) is 92.4 Å². The van der Waals surface area contributed by atoms with Crippen molar-refractivity contribution < 1.29 is 14.7 Å². The molecule has 0 aliphatic rings. The second-order valence-electron chi connectivity index (χ2n) is 4.07. The monoisotopic (exact) mass is 334 g/mol. The molecule has 0 aromatic heterocycles. The van der Waals surface area contributed by atoms with E-state index in [0.29, 0.717) is 16.9 Å². The molecule has 0 atom stereocenters. The maximum Gasteiger partial charge on any atom is 0.335 e. The summed E-state index contributed by atoms with van der Waals surface area (Å²) >= 11 is 3.27. The molecule has 0 bridgehead atoms. The summed E-state index contributed by atoms with van der Waals surface area (Å²) in [6.07, 6.45) is 0. The van der Waals surface area contributed by atoms with Gasteiger partial charge in [-0.15, -0.1) is 0 Å². The Bertz CT molecular complexity index is 686. The minimum atomic E-state index is -1.01. The van der Waals surface area contributed by atoms with Crippen LogP contribution in [0.15, 0.2) is 46.9 Å². The van der Waals surface area contributed by atoms with Gasteiger partial charge in [0.2, 0.25) is 0 Å². The van der Waals surface area contributed by atoms with Crippen molar-refractivity contribution in [1.29, 1.82) is 0 Å². The van der Waals surface area contributed by atoms with Crippen molar-refractivity contribution in [3.8, 4) is 0 Å². The van der Waals surface area contributed by atoms with Crippen LogP contribution in [-0.4, -0.2) is 17.0 Å². The largest absolute Gasteiger partial charge is 0.478 e. The molecular weight excluding hydrogens is 324 g/mol. The van der Waals surface area contributed by atoms with Crippen LogP contribution >= 0.6 is 15.9 Å². The lowest BCUT2D eigenvalue weighted by Crippen LogP contribution is -2.13. The molecule has 0 aliphatic carbocycles. The van der Waals surface area contributed by atoms with E-state index in [-0.39, 0.29) is 5.56 Å². The van der Waals surface area contributed by atoms with Gasteiger partial charge in [0.1, 0.15) is 0 Å². The summed E-state index contributed by atoms with van der Waals surface area (Å²) in [5, 5.41) is 11.9. The smallest absolute Gasteiger partial charge is 0.335 e. The first-order valence-electron chi connectivity index (χ1n) is 5.67. The molecular formula is C14H11BrN2O3. The molecule has 5 nitrogen and oxygen atoms in total. The fourth-order valence-corrected chi connectivity index (χ4v) is 2.08. The molecule has 0 saturated carbocycles. The average Bonchev–Trinajstić information content (AvgIpc) is 2.41. The van der Waals surface area contributed by atoms with Gasteiger partial charge >= 0.3 is 5.97 Å². The first-order chi connectivity index (χ1) is 9.47. The molecule has 2 rings (SSSR count). The highest BCUT2D eigenvalue weighted by Crippen LogP contribution is 2.24. The highest BCUT2D eigenvalue weighted by molar-refractivity contribution is 9.10. The summed E-state index contributed by atoms with van der Waals surface area (Å²) in [4.78, 5) is 22.3. The predicted octanol–water partition coefficient (Wildman–Crippen LogP) is 2.99. The number of hydrogen-bond donors (Lipinski definition) is 3. The average molecular weight is 335 g/mol. The zero-order chi connectivity index (χ0) is 14.7. The maximum absolute atomic E-state index is 11.4. The van der Waals surface area contributed by atoms with Crippen LogP contribution in [-0.2, 0) is 0 Å². The van der Waals surface area contributed by atoms with Crippen molar-refractivity contribution in [3.05, 3.63) is 58.1 Å². The van der Waals surface area contributed by atoms with E-state index in [0.717, 1.165) is 4.47 Å². The van der Waals surface area contributed by atoms with Crippen molar-refractivity contribution in [2.75, 3.05) is 5.32 Å². The molecule has 20 heavy (non-hydrogen) atoms. The van der Waals surface area contributed by atoms with E-state index < -0.39 is 11.9 Å². The summed E-state index contributed by atoms with van der Waals surface area (Å²) < 4.78 is 0.733. The van der Waals surface area contributed by atoms with Crippen molar-refractivity contribution in [2.45, 2.75) is 0 Å². The lowest BCUT2D eigenvalue weighted by atomic mass is 10.1. The molecule has 2 aromatic rings. The van der Waals surface area contributed by atoms with Crippen molar-refractivity contribution >= 4 is 39.2 Å². The number of carboxylic acids is 1. The van der Waals surface area contributed by atoms with Crippen LogP contribution in [0.5, 0.6) is 0 Å². The van der Waals surface area contributed by atoms with E-state index in [4.69, 9.17) is 10.8 Å². The van der Waals surface area contributed by atoms with Gasteiger partial charge in [-0.25, -0.2) is 4.79 Å². The number of hydrogen-bond acceptors (Lipinski definition) is 3. The van der Waals surface area contributed by atoms with Crippen LogP contribution in [0.25, 0.3) is 0 Å². The number of carbonyl (C=O) groups excluding carboxylic acids is 1. The molecule has 0 saturated heterocycles. The first-order valence-corrected chi connectivity index (χ1v) is 6.46. The Labute approximate surface area is 123 Å². The molecule has 4 N–H and O–H groups in total. The predicted molar refractivity (Wildman–Crippen MR) is 79.3 cm³/mol. The number of aromatic carboxylic acids is 1. The molecule has 1 amide bonds. The number of carboxylic acid groups (broad SMARTS) is 1. The Morgan fingerprint density at radius 2 is 1.90 bits per heavy atom. The number of nitrogens with one attached hydrogen (secondary N) is 1. The lowest BCUT2D eigenvalue weighted by Gasteiger charge is -2.11. The molecule has 0 unspecified atom stereocenters. The molecule has 0 fully saturated rings. The van der Waals surface area contributed by atoms with Crippen molar-refractivity contribution in [3.63, 3.8) is 0 Å². The quantitative estimate of drug-likeness (QED) is 0.801. The minimum Gasteiger partial charge on any atom is -0.478 e. The second kappa shape index (κ2) is 5.75. The number of amides is 1. The van der Waals surface area contributed by atoms with E-state index in [1.807, 2.05) is 0 Å². The van der Waals surface area contributed by atoms with Gasteiger partial charge in [-0.05, 0) is 36.4 Å². The van der Waals surface area contributed by atoms with E-state index >= 15 is 0 Å². The summed E-state index contributed by atoms with van der Waals surface area (Å²) in [5.41, 5.74) is 6.88. The number of halogens is 1. The number of carbonyl (C=O) groups is 2. The number of primary amides is 1. The summed E-state index contributed by atoms with van der Waals surface area (Å²) in [6.45, 7) is 0. The minimum absolute atomic E-state index is 0.160. The second-order valence-corrected chi connectivity index (χ2v) is 4.98. The van der Waals surface area contributed by atoms with Gasteiger partial charge in [-0.2, -0.15) is 0 Å². The Morgan fingerprint density at radius 1 is 1.15 bits per heavy atom. The van der Waals surface area contributed by atoms with Crippen LogP contribution in [0.4, 0.5) is 11.4 Å². The fourth-order valence-electron chi connectivity index (χ4n) is 1.71. The molecule has 0 spiro atoms. The van der Waals surface area contributed by atoms with Gasteiger partial charge in [-0.1, -0.05) is 22.0 Å². The Morgan fingerprint density at radius 3 is 2.55 bits per heavy atom. The number of anilines is 2. The van der Waals surface area contributed by atoms with Gasteiger partial charge in [0, 0.05) is 10.2 Å². The zero-order valence-electron chi connectivity index (χ0n) is 10.3. The Hall–Kier alpha value is -2.34. The Balaban J connectivity index is 2.37. The molecule has 102 valence electrons. The molecule has 0 heterocycles. The van der Waals surface area contributed by atoms with Crippen molar-refractivity contribution in [1.82, 2.24) is 0 Å². The third-order valence-corrected chi connectivity index (χ3v) is 3.13. The normalized spacial score (nSPS) is 10.1. The molecule has 2 aromatic carbocycles. The van der Waals surface area contributed by atoms with Crippen LogP contribution in [0.2, 0.25) is 0 Å². The fraction of sp³-hybridized carbons (Fsp3) is 0. The van der Waals surface area contributed by atoms with Gasteiger partial charge < -0.3 is 16.2 Å². The van der Waals surface area contributed by atoms with Crippen LogP contribution < -0.4 is 11.1 Å². The number of rotatable bonds is 4. The standard InChI is InChI=1S/C14H11BrN2O3/c15-9-4-5-12(11(7-9)13(16)18)17-10-3-1-2-8(6-10)14(19)20/h1-7,17H,(H2,16,18)(H,19,20). The molecule has 0 radical (unpaired) electrons. The van der Waals surface area contributed by atoms with Crippen LogP contribution in [0.1, 0.15) is 20.7 Å². The highest BCUT2D eigenvalue weighted by Gasteiger charge is 2.10. The number of nitrogens with two attached hydrogens (primary N) is 1. The van der Waals surface area contributed by atoms with E-state index in [1.165, 1.54) is 12.1 Å². The zero-order valence-corrected chi connectivity index (χ0v) is 11.8. The highest BCUT2D eigenvalue weighted by atomic mass is 79.9. The molecule has 6 heteroatoms. The van der Waals surface area contributed by atoms with E-state index in [1.54, 1.807) is 30.3 Å². The SMILES string of the molecule is NC(=O)c1cc(Br)ccc1Nc1cccc(C(=O)O)c1. The van der Waals surface area contributed by atoms with Gasteiger partial charge in [-0.3, -0.25) is 4.79 Å². The number of benzene rings is 2. The third kappa shape index (κ3) is 3.16.